The number of piperazine rings is 1. The van der Waals surface area contributed by atoms with Crippen LogP contribution in [0.15, 0.2) is 6.07 Å². The number of nitrogens with one attached hydrogen (secondary N) is 1. The first kappa shape index (κ1) is 14.3. The Labute approximate surface area is 124 Å². The van der Waals surface area contributed by atoms with Crippen LogP contribution in [0.25, 0.3) is 0 Å². The second-order valence-electron chi connectivity index (χ2n) is 5.87. The molecule has 0 radical (unpaired) electrons. The van der Waals surface area contributed by atoms with E-state index in [1.165, 1.54) is 12.8 Å². The summed E-state index contributed by atoms with van der Waals surface area (Å²) in [5, 5.41) is 3.12. The lowest BCUT2D eigenvalue weighted by Crippen LogP contribution is -2.62. The molecule has 2 heterocycles. The maximum Gasteiger partial charge on any atom is 0.239 e. The van der Waals surface area contributed by atoms with Crippen molar-refractivity contribution in [3.63, 3.8) is 0 Å². The molecule has 2 fully saturated rings. The fraction of sp³-hybridized carbons (Fsp3) is 0.667. The van der Waals surface area contributed by atoms with Crippen molar-refractivity contribution in [2.45, 2.75) is 51.3 Å². The minimum atomic E-state index is 0.0858. The summed E-state index contributed by atoms with van der Waals surface area (Å²) in [5.74, 6) is 1.61. The number of amides is 1. The van der Waals surface area contributed by atoms with E-state index >= 15 is 0 Å². The van der Waals surface area contributed by atoms with Gasteiger partial charge < -0.3 is 15.0 Å². The molecule has 6 heteroatoms. The molecule has 0 aromatic carbocycles. The van der Waals surface area contributed by atoms with Gasteiger partial charge in [-0.15, -0.1) is 0 Å². The second-order valence-corrected chi connectivity index (χ2v) is 5.87. The van der Waals surface area contributed by atoms with E-state index in [9.17, 15) is 4.79 Å². The second kappa shape index (κ2) is 5.97. The monoisotopic (exact) mass is 290 g/mol. The summed E-state index contributed by atoms with van der Waals surface area (Å²) in [6.07, 6.45) is 4.56. The molecule has 1 saturated carbocycles. The van der Waals surface area contributed by atoms with E-state index in [-0.39, 0.29) is 11.9 Å². The number of hydrogen-bond donors (Lipinski definition) is 1. The Bertz CT molecular complexity index is 534. The van der Waals surface area contributed by atoms with Crippen molar-refractivity contribution in [3.8, 4) is 0 Å². The quantitative estimate of drug-likeness (QED) is 0.905. The Kier molecular flexibility index (Phi) is 4.05. The van der Waals surface area contributed by atoms with Gasteiger partial charge in [-0.05, 0) is 19.8 Å². The summed E-state index contributed by atoms with van der Waals surface area (Å²) < 4.78 is 5.13. The minimum Gasteiger partial charge on any atom is -0.377 e. The van der Waals surface area contributed by atoms with Gasteiger partial charge in [0.15, 0.2) is 5.82 Å². The van der Waals surface area contributed by atoms with Gasteiger partial charge in [0.25, 0.3) is 0 Å². The van der Waals surface area contributed by atoms with Gasteiger partial charge in [0.1, 0.15) is 12.4 Å². The average Bonchev–Trinajstić information content (AvgIpc) is 2.46. The van der Waals surface area contributed by atoms with E-state index in [4.69, 9.17) is 4.74 Å². The van der Waals surface area contributed by atoms with Crippen LogP contribution in [0.1, 0.15) is 37.2 Å². The van der Waals surface area contributed by atoms with Crippen LogP contribution in [0.5, 0.6) is 0 Å². The highest BCUT2D eigenvalue weighted by molar-refractivity contribution is 5.83. The van der Waals surface area contributed by atoms with Crippen LogP contribution in [0, 0.1) is 6.92 Å². The number of ether oxygens (including phenoxy) is 1. The number of anilines is 1. The molecule has 1 aromatic heterocycles. The first-order chi connectivity index (χ1) is 10.2. The van der Waals surface area contributed by atoms with E-state index in [1.807, 2.05) is 13.0 Å². The van der Waals surface area contributed by atoms with Gasteiger partial charge in [-0.25, -0.2) is 9.97 Å². The third-order valence-electron chi connectivity index (χ3n) is 4.24. The van der Waals surface area contributed by atoms with Gasteiger partial charge in [0.05, 0.1) is 12.6 Å². The molecule has 3 rings (SSSR count). The zero-order valence-electron chi connectivity index (χ0n) is 12.6. The van der Waals surface area contributed by atoms with Crippen molar-refractivity contribution in [1.82, 2.24) is 15.3 Å². The number of fused-ring (bicyclic) bond motifs is 1. The molecule has 6 nitrogen and oxygen atoms in total. The summed E-state index contributed by atoms with van der Waals surface area (Å²) in [5.41, 5.74) is 0.908. The summed E-state index contributed by atoms with van der Waals surface area (Å²) in [7, 11) is 1.64. The zero-order valence-corrected chi connectivity index (χ0v) is 12.6. The normalized spacial score (nSPS) is 25.4. The van der Waals surface area contributed by atoms with Crippen molar-refractivity contribution < 1.29 is 9.53 Å². The van der Waals surface area contributed by atoms with Gasteiger partial charge >= 0.3 is 0 Å². The Morgan fingerprint density at radius 3 is 3.00 bits per heavy atom. The molecule has 2 atom stereocenters. The van der Waals surface area contributed by atoms with Crippen LogP contribution < -0.4 is 10.2 Å². The lowest BCUT2D eigenvalue weighted by molar-refractivity contribution is -0.122. The smallest absolute Gasteiger partial charge is 0.239 e. The van der Waals surface area contributed by atoms with Crippen molar-refractivity contribution in [3.05, 3.63) is 17.6 Å². The van der Waals surface area contributed by atoms with Gasteiger partial charge in [-0.3, -0.25) is 4.79 Å². The molecule has 1 saturated heterocycles. The summed E-state index contributed by atoms with van der Waals surface area (Å²) >= 11 is 0. The predicted molar refractivity (Wildman–Crippen MR) is 79.0 cm³/mol. The molecule has 0 bridgehead atoms. The van der Waals surface area contributed by atoms with Crippen LogP contribution >= 0.6 is 0 Å². The fourth-order valence-corrected chi connectivity index (χ4v) is 3.38. The molecule has 1 aromatic rings. The van der Waals surface area contributed by atoms with Crippen LogP contribution in [-0.2, 0) is 16.1 Å². The van der Waals surface area contributed by atoms with Gasteiger partial charge in [0, 0.05) is 24.9 Å². The molecular formula is C15H22N4O2. The summed E-state index contributed by atoms with van der Waals surface area (Å²) in [4.78, 5) is 23.1. The largest absolute Gasteiger partial charge is 0.377 e. The number of aromatic nitrogens is 2. The molecule has 0 unspecified atom stereocenters. The predicted octanol–water partition coefficient (Wildman–Crippen LogP) is 1.18. The molecule has 0 spiro atoms. The first-order valence-electron chi connectivity index (χ1n) is 7.57. The number of methoxy groups -OCH3 is 1. The van der Waals surface area contributed by atoms with Crippen molar-refractivity contribution in [2.24, 2.45) is 0 Å². The average molecular weight is 290 g/mol. The molecular weight excluding hydrogens is 268 g/mol. The number of hydrogen-bond acceptors (Lipinski definition) is 5. The molecule has 1 amide bonds. The zero-order chi connectivity index (χ0) is 14.8. The molecule has 114 valence electrons. The van der Waals surface area contributed by atoms with Crippen molar-refractivity contribution in [2.75, 3.05) is 18.6 Å². The number of carbonyl (C=O) groups is 1. The van der Waals surface area contributed by atoms with Gasteiger partial charge in [-0.1, -0.05) is 12.8 Å². The molecule has 2 aliphatic rings. The lowest BCUT2D eigenvalue weighted by atomic mass is 9.87. The van der Waals surface area contributed by atoms with Crippen LogP contribution in [0.3, 0.4) is 0 Å². The maximum absolute atomic E-state index is 12.0. The molecule has 1 aliphatic carbocycles. The first-order valence-corrected chi connectivity index (χ1v) is 7.57. The highest BCUT2D eigenvalue weighted by Gasteiger charge is 2.37. The Morgan fingerprint density at radius 2 is 2.19 bits per heavy atom. The van der Waals surface area contributed by atoms with Crippen LogP contribution in [-0.4, -0.2) is 41.6 Å². The van der Waals surface area contributed by atoms with Crippen LogP contribution in [0.2, 0.25) is 0 Å². The number of nitrogens with zero attached hydrogens (tertiary/aromatic N) is 3. The number of aryl methyl sites for hydroxylation is 1. The van der Waals surface area contributed by atoms with Crippen molar-refractivity contribution >= 4 is 11.7 Å². The lowest BCUT2D eigenvalue weighted by Gasteiger charge is -2.44. The van der Waals surface area contributed by atoms with E-state index in [1.54, 1.807) is 7.11 Å². The maximum atomic E-state index is 12.0. The Hall–Kier alpha value is -1.69. The molecule has 1 aliphatic heterocycles. The SMILES string of the molecule is COCc1nc(C)cc(N2CC(=O)N[C@H]3CCCC[C@@H]32)n1. The number of rotatable bonds is 3. The van der Waals surface area contributed by atoms with E-state index in [0.717, 1.165) is 24.4 Å². The fourth-order valence-electron chi connectivity index (χ4n) is 3.38. The van der Waals surface area contributed by atoms with E-state index in [2.05, 4.69) is 20.2 Å². The van der Waals surface area contributed by atoms with E-state index in [0.29, 0.717) is 25.0 Å². The Balaban J connectivity index is 1.91. The van der Waals surface area contributed by atoms with E-state index < -0.39 is 0 Å². The van der Waals surface area contributed by atoms with Gasteiger partial charge in [-0.2, -0.15) is 0 Å². The molecule has 21 heavy (non-hydrogen) atoms. The third kappa shape index (κ3) is 3.00. The van der Waals surface area contributed by atoms with Gasteiger partial charge in [0.2, 0.25) is 5.91 Å². The highest BCUT2D eigenvalue weighted by atomic mass is 16.5. The van der Waals surface area contributed by atoms with Crippen molar-refractivity contribution in [1.29, 1.82) is 0 Å². The topological polar surface area (TPSA) is 67.3 Å². The Morgan fingerprint density at radius 1 is 1.38 bits per heavy atom. The number of carbonyl (C=O) groups excluding carboxylic acids is 1. The molecule has 1 N–H and O–H groups in total. The van der Waals surface area contributed by atoms with Crippen LogP contribution in [0.4, 0.5) is 5.82 Å². The highest BCUT2D eigenvalue weighted by Crippen LogP contribution is 2.29. The summed E-state index contributed by atoms with van der Waals surface area (Å²) in [6, 6.07) is 2.56. The minimum absolute atomic E-state index is 0.0858. The standard InChI is InChI=1S/C15H22N4O2/c1-10-7-14(18-13(16-10)9-21-2)19-8-15(20)17-11-5-3-4-6-12(11)19/h7,11-12H,3-6,8-9H2,1-2H3,(H,17,20)/t11-,12-/m0/s1. The third-order valence-corrected chi connectivity index (χ3v) is 4.24. The summed E-state index contributed by atoms with van der Waals surface area (Å²) in [6.45, 7) is 2.72.